The van der Waals surface area contributed by atoms with Crippen LogP contribution in [-0.4, -0.2) is 31.3 Å². The summed E-state index contributed by atoms with van der Waals surface area (Å²) in [4.78, 5) is 20.4. The van der Waals surface area contributed by atoms with Crippen molar-refractivity contribution >= 4 is 23.5 Å². The van der Waals surface area contributed by atoms with Crippen LogP contribution in [0.1, 0.15) is 11.1 Å². The number of imidazole rings is 1. The van der Waals surface area contributed by atoms with Crippen molar-refractivity contribution < 1.29 is 9.90 Å². The maximum absolute atomic E-state index is 12.1. The van der Waals surface area contributed by atoms with Gasteiger partial charge in [-0.05, 0) is 37.6 Å². The van der Waals surface area contributed by atoms with Gasteiger partial charge < -0.3 is 10.4 Å². The maximum atomic E-state index is 12.1. The Balaban J connectivity index is 1.69. The summed E-state index contributed by atoms with van der Waals surface area (Å²) in [5, 5.41) is 13.0. The lowest BCUT2D eigenvalue weighted by Crippen LogP contribution is -2.15. The van der Waals surface area contributed by atoms with Crippen LogP contribution in [0.2, 0.25) is 0 Å². The maximum Gasteiger partial charge on any atom is 0.236 e. The van der Waals surface area contributed by atoms with Gasteiger partial charge in [-0.2, -0.15) is 0 Å². The van der Waals surface area contributed by atoms with Crippen LogP contribution in [0.5, 0.6) is 5.75 Å². The molecule has 0 atom stereocenters. The first-order valence-corrected chi connectivity index (χ1v) is 8.71. The van der Waals surface area contributed by atoms with Crippen molar-refractivity contribution in [2.45, 2.75) is 19.0 Å². The van der Waals surface area contributed by atoms with Gasteiger partial charge in [0.15, 0.2) is 16.7 Å². The van der Waals surface area contributed by atoms with Gasteiger partial charge in [0.05, 0.1) is 11.4 Å². The molecule has 1 aromatic carbocycles. The summed E-state index contributed by atoms with van der Waals surface area (Å²) in [5.41, 5.74) is 3.38. The smallest absolute Gasteiger partial charge is 0.236 e. The van der Waals surface area contributed by atoms with E-state index in [2.05, 4.69) is 28.3 Å². The summed E-state index contributed by atoms with van der Waals surface area (Å²) >= 11 is 1.33. The second-order valence-electron chi connectivity index (χ2n) is 5.58. The van der Waals surface area contributed by atoms with Crippen LogP contribution in [0.4, 0.5) is 5.82 Å². The quantitative estimate of drug-likeness (QED) is 0.687. The fourth-order valence-corrected chi connectivity index (χ4v) is 3.21. The zero-order valence-electron chi connectivity index (χ0n) is 13.9. The number of hydrogen-bond donors (Lipinski definition) is 2. The first-order chi connectivity index (χ1) is 12.0. The van der Waals surface area contributed by atoms with E-state index in [9.17, 15) is 9.90 Å². The van der Waals surface area contributed by atoms with Gasteiger partial charge in [0.25, 0.3) is 0 Å². The zero-order valence-corrected chi connectivity index (χ0v) is 14.7. The highest BCUT2D eigenvalue weighted by Gasteiger charge is 2.12. The summed E-state index contributed by atoms with van der Waals surface area (Å²) in [6.45, 7) is 4.10. The van der Waals surface area contributed by atoms with Crippen molar-refractivity contribution in [2.75, 3.05) is 11.1 Å². The molecular formula is C18H18N4O2S. The predicted molar refractivity (Wildman–Crippen MR) is 98.3 cm³/mol. The molecular weight excluding hydrogens is 336 g/mol. The molecule has 0 aliphatic carbocycles. The highest BCUT2D eigenvalue weighted by atomic mass is 32.2. The van der Waals surface area contributed by atoms with Gasteiger partial charge in [-0.1, -0.05) is 29.5 Å². The van der Waals surface area contributed by atoms with Crippen molar-refractivity contribution in [3.05, 3.63) is 60.0 Å². The molecule has 0 unspecified atom stereocenters. The van der Waals surface area contributed by atoms with Crippen molar-refractivity contribution in [2.24, 2.45) is 0 Å². The number of nitrogens with one attached hydrogen (secondary N) is 1. The van der Waals surface area contributed by atoms with Gasteiger partial charge in [-0.3, -0.25) is 9.36 Å². The molecule has 0 spiro atoms. The summed E-state index contributed by atoms with van der Waals surface area (Å²) < 4.78 is 1.96. The number of aromatic hydroxyl groups is 1. The number of rotatable bonds is 5. The minimum Gasteiger partial charge on any atom is -0.504 e. The van der Waals surface area contributed by atoms with E-state index in [4.69, 9.17) is 0 Å². The van der Waals surface area contributed by atoms with Gasteiger partial charge in [0, 0.05) is 18.6 Å². The number of aromatic nitrogens is 3. The monoisotopic (exact) mass is 354 g/mol. The lowest BCUT2D eigenvalue weighted by molar-refractivity contribution is -0.113. The molecule has 1 amide bonds. The number of nitrogens with zero attached hydrogens (tertiary/aromatic N) is 3. The molecule has 0 aliphatic rings. The van der Waals surface area contributed by atoms with E-state index in [0.717, 1.165) is 16.4 Å². The van der Waals surface area contributed by atoms with Crippen LogP contribution in [0.15, 0.2) is 54.1 Å². The van der Waals surface area contributed by atoms with E-state index < -0.39 is 0 Å². The molecule has 0 aliphatic heterocycles. The number of carbonyl (C=O) groups excluding carboxylic acids is 1. The Morgan fingerprint density at radius 2 is 2.08 bits per heavy atom. The molecule has 0 saturated carbocycles. The summed E-state index contributed by atoms with van der Waals surface area (Å²) in [6.07, 6.45) is 5.10. The molecule has 0 fully saturated rings. The molecule has 2 heterocycles. The Morgan fingerprint density at radius 1 is 1.24 bits per heavy atom. The van der Waals surface area contributed by atoms with Crippen molar-refractivity contribution in [3.8, 4) is 11.4 Å². The molecule has 7 heteroatoms. The molecule has 2 aromatic heterocycles. The number of pyridine rings is 1. The van der Waals surface area contributed by atoms with Gasteiger partial charge in [0.2, 0.25) is 5.91 Å². The van der Waals surface area contributed by atoms with E-state index in [1.165, 1.54) is 29.6 Å². The number of carbonyl (C=O) groups is 1. The number of anilines is 1. The van der Waals surface area contributed by atoms with E-state index >= 15 is 0 Å². The second-order valence-corrected chi connectivity index (χ2v) is 6.52. The number of hydrogen-bond acceptors (Lipinski definition) is 5. The van der Waals surface area contributed by atoms with E-state index in [1.54, 1.807) is 12.3 Å². The average Bonchev–Trinajstić information content (AvgIpc) is 3.03. The van der Waals surface area contributed by atoms with Gasteiger partial charge >= 0.3 is 0 Å². The van der Waals surface area contributed by atoms with E-state index in [1.807, 2.05) is 29.8 Å². The van der Waals surface area contributed by atoms with E-state index in [-0.39, 0.29) is 23.2 Å². The van der Waals surface area contributed by atoms with Crippen LogP contribution in [0, 0.1) is 13.8 Å². The highest BCUT2D eigenvalue weighted by molar-refractivity contribution is 7.99. The fourth-order valence-electron chi connectivity index (χ4n) is 2.45. The molecule has 128 valence electrons. The molecule has 6 nitrogen and oxygen atoms in total. The largest absolute Gasteiger partial charge is 0.504 e. The minimum atomic E-state index is -0.255. The summed E-state index contributed by atoms with van der Waals surface area (Å²) in [5.74, 6) is 0.00965. The molecule has 25 heavy (non-hydrogen) atoms. The summed E-state index contributed by atoms with van der Waals surface area (Å²) in [6, 6.07) is 9.28. The minimum absolute atomic E-state index is 0.0577. The topological polar surface area (TPSA) is 80.0 Å². The van der Waals surface area contributed by atoms with Gasteiger partial charge in [0.1, 0.15) is 0 Å². The van der Waals surface area contributed by atoms with Crippen LogP contribution < -0.4 is 5.32 Å². The second kappa shape index (κ2) is 7.40. The SMILES string of the molecule is Cc1ccc(-n2ccnc2SCC(=O)Nc2ncccc2O)c(C)c1. The third-order valence-electron chi connectivity index (χ3n) is 3.60. The molecule has 0 saturated heterocycles. The van der Waals surface area contributed by atoms with Crippen LogP contribution in [0.25, 0.3) is 5.69 Å². The van der Waals surface area contributed by atoms with Crippen LogP contribution in [0.3, 0.4) is 0 Å². The normalized spacial score (nSPS) is 10.6. The zero-order chi connectivity index (χ0) is 17.8. The molecule has 3 aromatic rings. The first-order valence-electron chi connectivity index (χ1n) is 7.72. The molecule has 0 radical (unpaired) electrons. The Bertz CT molecular complexity index is 908. The molecule has 0 bridgehead atoms. The Kier molecular flexibility index (Phi) is 5.04. The predicted octanol–water partition coefficient (Wildman–Crippen LogP) is 3.32. The third-order valence-corrected chi connectivity index (χ3v) is 4.56. The standard InChI is InChI=1S/C18H18N4O2S/c1-12-5-6-14(13(2)10-12)22-9-8-20-18(22)25-11-16(24)21-17-15(23)4-3-7-19-17/h3-10,23H,11H2,1-2H3,(H,19,21,24). The number of aryl methyl sites for hydroxylation is 2. The Hall–Kier alpha value is -2.80. The van der Waals surface area contributed by atoms with E-state index in [0.29, 0.717) is 0 Å². The van der Waals surface area contributed by atoms with Crippen LogP contribution in [-0.2, 0) is 4.79 Å². The molecule has 2 N–H and O–H groups in total. The fraction of sp³-hybridized carbons (Fsp3) is 0.167. The third kappa shape index (κ3) is 4.00. The van der Waals surface area contributed by atoms with Crippen molar-refractivity contribution in [1.29, 1.82) is 0 Å². The number of benzene rings is 1. The Morgan fingerprint density at radius 3 is 2.84 bits per heavy atom. The lowest BCUT2D eigenvalue weighted by Gasteiger charge is -2.11. The van der Waals surface area contributed by atoms with Gasteiger partial charge in [-0.15, -0.1) is 0 Å². The number of thioether (sulfide) groups is 1. The molecule has 3 rings (SSSR count). The summed E-state index contributed by atoms with van der Waals surface area (Å²) in [7, 11) is 0. The van der Waals surface area contributed by atoms with Crippen molar-refractivity contribution in [1.82, 2.24) is 14.5 Å². The number of amides is 1. The van der Waals surface area contributed by atoms with Gasteiger partial charge in [-0.25, -0.2) is 9.97 Å². The van der Waals surface area contributed by atoms with Crippen LogP contribution >= 0.6 is 11.8 Å². The van der Waals surface area contributed by atoms with Crippen molar-refractivity contribution in [3.63, 3.8) is 0 Å². The lowest BCUT2D eigenvalue weighted by atomic mass is 10.1. The average molecular weight is 354 g/mol. The first kappa shape index (κ1) is 17.0. The Labute approximate surface area is 149 Å². The highest BCUT2D eigenvalue weighted by Crippen LogP contribution is 2.24.